The summed E-state index contributed by atoms with van der Waals surface area (Å²) < 4.78 is 7.37. The fourth-order valence-electron chi connectivity index (χ4n) is 4.88. The van der Waals surface area contributed by atoms with Crippen LogP contribution in [-0.4, -0.2) is 0 Å². The van der Waals surface area contributed by atoms with Crippen molar-refractivity contribution in [3.8, 4) is 11.5 Å². The van der Waals surface area contributed by atoms with E-state index >= 15 is 0 Å². The van der Waals surface area contributed by atoms with Gasteiger partial charge in [0.25, 0.3) is 0 Å². The van der Waals surface area contributed by atoms with Gasteiger partial charge >= 0.3 is 0 Å². The highest BCUT2D eigenvalue weighted by atomic mass is 79.9. The normalized spacial score (nSPS) is 22.0. The molecule has 25 heavy (non-hydrogen) atoms. The van der Waals surface area contributed by atoms with Crippen molar-refractivity contribution >= 4 is 15.9 Å². The van der Waals surface area contributed by atoms with Crippen molar-refractivity contribution in [2.45, 2.75) is 31.1 Å². The molecule has 0 saturated carbocycles. The third kappa shape index (κ3) is 1.95. The van der Waals surface area contributed by atoms with Gasteiger partial charge in [-0.05, 0) is 47.2 Å². The highest BCUT2D eigenvalue weighted by Gasteiger charge is 2.53. The van der Waals surface area contributed by atoms with Crippen LogP contribution in [0.3, 0.4) is 0 Å². The molecular formula is C23H19BrO. The molecule has 1 nitrogen and oxygen atoms in total. The van der Waals surface area contributed by atoms with Crippen molar-refractivity contribution in [2.24, 2.45) is 0 Å². The van der Waals surface area contributed by atoms with E-state index in [1.165, 1.54) is 22.3 Å². The van der Waals surface area contributed by atoms with Crippen molar-refractivity contribution < 1.29 is 4.74 Å². The molecule has 1 aliphatic carbocycles. The van der Waals surface area contributed by atoms with Crippen LogP contribution in [0.5, 0.6) is 11.5 Å². The van der Waals surface area contributed by atoms with Gasteiger partial charge in [-0.25, -0.2) is 0 Å². The Hall–Kier alpha value is -2.06. The molecular weight excluding hydrogens is 372 g/mol. The lowest BCUT2D eigenvalue weighted by atomic mass is 9.67. The standard InChI is InChI=1S/C23H19BrO/c1-22(2)14-23(17-8-4-3-7-16(17)22)18-9-5-6-10-20(18)25-21-12-11-15(24)13-19(21)23/h3-13H,14H2,1-2H3. The first-order chi connectivity index (χ1) is 12.0. The van der Waals surface area contributed by atoms with Crippen LogP contribution in [0, 0.1) is 0 Å². The number of hydrogen-bond donors (Lipinski definition) is 0. The summed E-state index contributed by atoms with van der Waals surface area (Å²) in [5.41, 5.74) is 5.35. The zero-order valence-electron chi connectivity index (χ0n) is 14.3. The van der Waals surface area contributed by atoms with Gasteiger partial charge in [0.15, 0.2) is 0 Å². The number of halogens is 1. The summed E-state index contributed by atoms with van der Waals surface area (Å²) in [7, 11) is 0. The lowest BCUT2D eigenvalue weighted by Gasteiger charge is -2.39. The fourth-order valence-corrected chi connectivity index (χ4v) is 5.24. The summed E-state index contributed by atoms with van der Waals surface area (Å²) in [6.45, 7) is 4.71. The molecule has 0 radical (unpaired) electrons. The highest BCUT2D eigenvalue weighted by Crippen LogP contribution is 2.62. The molecule has 1 atom stereocenters. The molecule has 0 bridgehead atoms. The molecule has 0 saturated heterocycles. The van der Waals surface area contributed by atoms with Gasteiger partial charge < -0.3 is 4.74 Å². The van der Waals surface area contributed by atoms with Crippen LogP contribution in [0.1, 0.15) is 42.5 Å². The van der Waals surface area contributed by atoms with Gasteiger partial charge in [-0.15, -0.1) is 0 Å². The van der Waals surface area contributed by atoms with E-state index < -0.39 is 0 Å². The van der Waals surface area contributed by atoms with Gasteiger partial charge in [-0.1, -0.05) is 72.2 Å². The molecule has 3 aromatic rings. The minimum absolute atomic E-state index is 0.112. The molecule has 1 unspecified atom stereocenters. The first-order valence-corrected chi connectivity index (χ1v) is 9.49. The van der Waals surface area contributed by atoms with E-state index in [9.17, 15) is 0 Å². The van der Waals surface area contributed by atoms with E-state index in [1.54, 1.807) is 0 Å². The Morgan fingerprint density at radius 1 is 0.760 bits per heavy atom. The van der Waals surface area contributed by atoms with Gasteiger partial charge in [-0.2, -0.15) is 0 Å². The van der Waals surface area contributed by atoms with E-state index in [-0.39, 0.29) is 10.8 Å². The molecule has 5 rings (SSSR count). The van der Waals surface area contributed by atoms with Crippen LogP contribution >= 0.6 is 15.9 Å². The second-order valence-electron chi connectivity index (χ2n) is 7.75. The Morgan fingerprint density at radius 3 is 2.20 bits per heavy atom. The number of para-hydroxylation sites is 1. The monoisotopic (exact) mass is 390 g/mol. The number of fused-ring (bicyclic) bond motifs is 6. The van der Waals surface area contributed by atoms with Gasteiger partial charge in [-0.3, -0.25) is 0 Å². The summed E-state index contributed by atoms with van der Waals surface area (Å²) in [4.78, 5) is 0. The van der Waals surface area contributed by atoms with E-state index in [4.69, 9.17) is 4.74 Å². The summed E-state index contributed by atoms with van der Waals surface area (Å²) in [6.07, 6.45) is 1.04. The van der Waals surface area contributed by atoms with Gasteiger partial charge in [0.2, 0.25) is 0 Å². The Morgan fingerprint density at radius 2 is 1.40 bits per heavy atom. The zero-order chi connectivity index (χ0) is 17.2. The molecule has 3 aromatic carbocycles. The molecule has 1 heterocycles. The quantitative estimate of drug-likeness (QED) is 0.421. The van der Waals surface area contributed by atoms with Crippen LogP contribution < -0.4 is 4.74 Å². The van der Waals surface area contributed by atoms with E-state index in [0.29, 0.717) is 0 Å². The van der Waals surface area contributed by atoms with Crippen LogP contribution in [0.25, 0.3) is 0 Å². The average molecular weight is 391 g/mol. The molecule has 1 spiro atoms. The molecule has 124 valence electrons. The van der Waals surface area contributed by atoms with Crippen LogP contribution in [0.15, 0.2) is 71.2 Å². The van der Waals surface area contributed by atoms with Crippen molar-refractivity contribution in [3.05, 3.63) is 93.5 Å². The Balaban J connectivity index is 1.93. The number of benzene rings is 3. The van der Waals surface area contributed by atoms with Crippen molar-refractivity contribution in [2.75, 3.05) is 0 Å². The second kappa shape index (κ2) is 4.98. The molecule has 0 amide bonds. The predicted octanol–water partition coefficient (Wildman–Crippen LogP) is 6.57. The highest BCUT2D eigenvalue weighted by molar-refractivity contribution is 9.10. The summed E-state index contributed by atoms with van der Waals surface area (Å²) in [5.74, 6) is 1.94. The molecule has 0 N–H and O–H groups in total. The van der Waals surface area contributed by atoms with Crippen LogP contribution in [-0.2, 0) is 10.8 Å². The van der Waals surface area contributed by atoms with E-state index in [0.717, 1.165) is 22.4 Å². The van der Waals surface area contributed by atoms with Crippen LogP contribution in [0.2, 0.25) is 0 Å². The lowest BCUT2D eigenvalue weighted by Crippen LogP contribution is -2.32. The Kier molecular flexibility index (Phi) is 3.03. The molecule has 2 heteroatoms. The summed E-state index contributed by atoms with van der Waals surface area (Å²) in [6, 6.07) is 23.8. The van der Waals surface area contributed by atoms with Crippen molar-refractivity contribution in [1.82, 2.24) is 0 Å². The first-order valence-electron chi connectivity index (χ1n) is 8.70. The van der Waals surface area contributed by atoms with Crippen molar-refractivity contribution in [3.63, 3.8) is 0 Å². The maximum Gasteiger partial charge on any atom is 0.131 e. The first kappa shape index (κ1) is 15.2. The third-order valence-electron chi connectivity index (χ3n) is 5.79. The summed E-state index contributed by atoms with van der Waals surface area (Å²) >= 11 is 3.67. The summed E-state index contributed by atoms with van der Waals surface area (Å²) in [5, 5.41) is 0. The SMILES string of the molecule is CC1(C)CC2(c3ccccc3Oc3ccc(Br)cc32)c2ccccc21. The van der Waals surface area contributed by atoms with Gasteiger partial charge in [0.1, 0.15) is 11.5 Å². The maximum atomic E-state index is 6.28. The molecule has 0 aromatic heterocycles. The molecule has 1 aliphatic heterocycles. The Labute approximate surface area is 156 Å². The smallest absolute Gasteiger partial charge is 0.131 e. The fraction of sp³-hybridized carbons (Fsp3) is 0.217. The number of hydrogen-bond acceptors (Lipinski definition) is 1. The zero-order valence-corrected chi connectivity index (χ0v) is 15.9. The largest absolute Gasteiger partial charge is 0.457 e. The van der Waals surface area contributed by atoms with Crippen LogP contribution in [0.4, 0.5) is 0 Å². The molecule has 0 fully saturated rings. The van der Waals surface area contributed by atoms with E-state index in [1.807, 2.05) is 0 Å². The Bertz CT molecular complexity index is 1000. The second-order valence-corrected chi connectivity index (χ2v) is 8.67. The minimum Gasteiger partial charge on any atom is -0.457 e. The number of rotatable bonds is 0. The lowest BCUT2D eigenvalue weighted by molar-refractivity contribution is 0.382. The van der Waals surface area contributed by atoms with Gasteiger partial charge in [0.05, 0.1) is 5.41 Å². The predicted molar refractivity (Wildman–Crippen MR) is 105 cm³/mol. The molecule has 2 aliphatic rings. The topological polar surface area (TPSA) is 9.23 Å². The minimum atomic E-state index is -0.159. The maximum absolute atomic E-state index is 6.28. The number of ether oxygens (including phenoxy) is 1. The van der Waals surface area contributed by atoms with Crippen molar-refractivity contribution in [1.29, 1.82) is 0 Å². The average Bonchev–Trinajstić information content (AvgIpc) is 2.85. The van der Waals surface area contributed by atoms with Gasteiger partial charge in [0, 0.05) is 15.6 Å². The van der Waals surface area contributed by atoms with E-state index in [2.05, 4.69) is 96.5 Å². The third-order valence-corrected chi connectivity index (χ3v) is 6.28.